The summed E-state index contributed by atoms with van der Waals surface area (Å²) in [7, 11) is 0. The van der Waals surface area contributed by atoms with E-state index in [1.54, 1.807) is 0 Å². The molecule has 0 amide bonds. The second-order valence-electron chi connectivity index (χ2n) is 4.40. The van der Waals surface area contributed by atoms with E-state index < -0.39 is 0 Å². The Morgan fingerprint density at radius 1 is 1.33 bits per heavy atom. The van der Waals surface area contributed by atoms with Crippen LogP contribution in [0.3, 0.4) is 0 Å². The quantitative estimate of drug-likeness (QED) is 0.868. The van der Waals surface area contributed by atoms with Crippen molar-refractivity contribution in [2.45, 2.75) is 12.7 Å². The topological polar surface area (TPSA) is 52.0 Å². The molecule has 0 bridgehead atoms. The van der Waals surface area contributed by atoms with Crippen LogP contribution in [0.5, 0.6) is 0 Å². The van der Waals surface area contributed by atoms with Gasteiger partial charge in [-0.2, -0.15) is 11.8 Å². The summed E-state index contributed by atoms with van der Waals surface area (Å²) in [5.74, 6) is 3.37. The second kappa shape index (κ2) is 6.61. The molecule has 1 aromatic carbocycles. The fourth-order valence-electron chi connectivity index (χ4n) is 1.55. The van der Waals surface area contributed by atoms with Crippen LogP contribution in [0.2, 0.25) is 0 Å². The largest absolute Gasteiger partial charge is 0.360 e. The molecule has 18 heavy (non-hydrogen) atoms. The molecule has 0 saturated heterocycles. The van der Waals surface area contributed by atoms with Crippen molar-refractivity contribution in [2.24, 2.45) is 11.7 Å². The van der Waals surface area contributed by atoms with Crippen molar-refractivity contribution in [3.8, 4) is 11.3 Å². The van der Waals surface area contributed by atoms with Crippen LogP contribution >= 0.6 is 11.8 Å². The van der Waals surface area contributed by atoms with Gasteiger partial charge in [-0.05, 0) is 18.2 Å². The molecule has 2 rings (SSSR count). The molecule has 2 aromatic rings. The van der Waals surface area contributed by atoms with E-state index in [1.165, 1.54) is 0 Å². The number of thioether (sulfide) groups is 1. The number of nitrogens with zero attached hydrogens (tertiary/aromatic N) is 1. The molecule has 1 atom stereocenters. The summed E-state index contributed by atoms with van der Waals surface area (Å²) in [6.07, 6.45) is 0. The van der Waals surface area contributed by atoms with Gasteiger partial charge in [-0.1, -0.05) is 42.4 Å². The SMILES string of the molecule is CC(CN)CSCc1cc(-c2ccccc2)no1. The van der Waals surface area contributed by atoms with E-state index in [1.807, 2.05) is 48.2 Å². The van der Waals surface area contributed by atoms with Crippen molar-refractivity contribution in [1.82, 2.24) is 5.16 Å². The monoisotopic (exact) mass is 262 g/mol. The molecule has 0 aliphatic carbocycles. The minimum atomic E-state index is 0.548. The predicted molar refractivity (Wildman–Crippen MR) is 76.3 cm³/mol. The van der Waals surface area contributed by atoms with Gasteiger partial charge >= 0.3 is 0 Å². The highest BCUT2D eigenvalue weighted by Crippen LogP contribution is 2.22. The summed E-state index contributed by atoms with van der Waals surface area (Å²) in [6.45, 7) is 2.89. The maximum Gasteiger partial charge on any atom is 0.147 e. The average molecular weight is 262 g/mol. The van der Waals surface area contributed by atoms with Crippen molar-refractivity contribution >= 4 is 11.8 Å². The Morgan fingerprint density at radius 2 is 2.11 bits per heavy atom. The van der Waals surface area contributed by atoms with E-state index in [0.717, 1.165) is 35.1 Å². The maximum atomic E-state index is 5.58. The Bertz CT molecular complexity index is 470. The summed E-state index contributed by atoms with van der Waals surface area (Å²) < 4.78 is 5.33. The zero-order valence-corrected chi connectivity index (χ0v) is 11.3. The molecule has 0 radical (unpaired) electrons. The number of rotatable bonds is 6. The standard InChI is InChI=1S/C14H18N2OS/c1-11(8-15)9-18-10-13-7-14(16-17-13)12-5-3-2-4-6-12/h2-7,11H,8-10,15H2,1H3. The molecule has 0 aliphatic heterocycles. The highest BCUT2D eigenvalue weighted by atomic mass is 32.2. The molecule has 96 valence electrons. The van der Waals surface area contributed by atoms with Crippen LogP contribution in [0.15, 0.2) is 40.9 Å². The van der Waals surface area contributed by atoms with E-state index in [-0.39, 0.29) is 0 Å². The van der Waals surface area contributed by atoms with Crippen LogP contribution in [0.1, 0.15) is 12.7 Å². The fraction of sp³-hybridized carbons (Fsp3) is 0.357. The lowest BCUT2D eigenvalue weighted by atomic mass is 10.1. The Labute approximate surface area is 112 Å². The van der Waals surface area contributed by atoms with Gasteiger partial charge in [0.15, 0.2) is 0 Å². The van der Waals surface area contributed by atoms with Crippen molar-refractivity contribution in [2.75, 3.05) is 12.3 Å². The van der Waals surface area contributed by atoms with Gasteiger partial charge in [0, 0.05) is 11.6 Å². The van der Waals surface area contributed by atoms with Gasteiger partial charge in [-0.3, -0.25) is 0 Å². The molecule has 0 spiro atoms. The van der Waals surface area contributed by atoms with E-state index in [0.29, 0.717) is 5.92 Å². The lowest BCUT2D eigenvalue weighted by Crippen LogP contribution is -2.12. The first-order valence-corrected chi connectivity index (χ1v) is 7.24. The van der Waals surface area contributed by atoms with Crippen molar-refractivity contribution < 1.29 is 4.52 Å². The first kappa shape index (κ1) is 13.2. The summed E-state index contributed by atoms with van der Waals surface area (Å²) in [5.41, 5.74) is 7.57. The second-order valence-corrected chi connectivity index (χ2v) is 5.43. The van der Waals surface area contributed by atoms with Gasteiger partial charge < -0.3 is 10.3 Å². The average Bonchev–Trinajstić information content (AvgIpc) is 2.88. The Hall–Kier alpha value is -1.26. The van der Waals surface area contributed by atoms with Gasteiger partial charge in [0.05, 0.1) is 5.75 Å². The van der Waals surface area contributed by atoms with Crippen LogP contribution in [-0.2, 0) is 5.75 Å². The van der Waals surface area contributed by atoms with E-state index in [2.05, 4.69) is 12.1 Å². The van der Waals surface area contributed by atoms with Crippen molar-refractivity contribution in [3.05, 3.63) is 42.2 Å². The fourth-order valence-corrected chi connectivity index (χ4v) is 2.55. The Morgan fingerprint density at radius 3 is 2.83 bits per heavy atom. The van der Waals surface area contributed by atoms with Crippen LogP contribution < -0.4 is 5.73 Å². The molecular weight excluding hydrogens is 244 g/mol. The lowest BCUT2D eigenvalue weighted by molar-refractivity contribution is 0.397. The summed E-state index contributed by atoms with van der Waals surface area (Å²) in [4.78, 5) is 0. The van der Waals surface area contributed by atoms with Crippen LogP contribution in [0.4, 0.5) is 0 Å². The van der Waals surface area contributed by atoms with Crippen LogP contribution in [0, 0.1) is 5.92 Å². The molecular formula is C14H18N2OS. The molecule has 4 heteroatoms. The van der Waals surface area contributed by atoms with E-state index in [4.69, 9.17) is 10.3 Å². The van der Waals surface area contributed by atoms with Crippen molar-refractivity contribution in [3.63, 3.8) is 0 Å². The smallest absolute Gasteiger partial charge is 0.147 e. The predicted octanol–water partition coefficient (Wildman–Crippen LogP) is 3.17. The molecule has 0 saturated carbocycles. The maximum absolute atomic E-state index is 5.58. The van der Waals surface area contributed by atoms with Gasteiger partial charge in [-0.25, -0.2) is 0 Å². The minimum absolute atomic E-state index is 0.548. The molecule has 1 unspecified atom stereocenters. The number of hydrogen-bond donors (Lipinski definition) is 1. The normalized spacial score (nSPS) is 12.6. The number of hydrogen-bond acceptors (Lipinski definition) is 4. The molecule has 1 heterocycles. The third kappa shape index (κ3) is 3.62. The summed E-state index contributed by atoms with van der Waals surface area (Å²) in [6, 6.07) is 12.1. The van der Waals surface area contributed by atoms with Crippen LogP contribution in [-0.4, -0.2) is 17.5 Å². The molecule has 3 nitrogen and oxygen atoms in total. The Kier molecular flexibility index (Phi) is 4.84. The molecule has 0 aliphatic rings. The lowest BCUT2D eigenvalue weighted by Gasteiger charge is -2.05. The molecule has 1 aromatic heterocycles. The number of nitrogens with two attached hydrogens (primary N) is 1. The molecule has 2 N–H and O–H groups in total. The highest BCUT2D eigenvalue weighted by molar-refractivity contribution is 7.98. The third-order valence-electron chi connectivity index (χ3n) is 2.68. The first-order chi connectivity index (χ1) is 8.79. The minimum Gasteiger partial charge on any atom is -0.360 e. The van der Waals surface area contributed by atoms with Crippen LogP contribution in [0.25, 0.3) is 11.3 Å². The van der Waals surface area contributed by atoms with E-state index >= 15 is 0 Å². The number of benzene rings is 1. The van der Waals surface area contributed by atoms with Gasteiger partial charge in [0.2, 0.25) is 0 Å². The number of aromatic nitrogens is 1. The third-order valence-corrected chi connectivity index (χ3v) is 3.97. The van der Waals surface area contributed by atoms with Gasteiger partial charge in [0.25, 0.3) is 0 Å². The summed E-state index contributed by atoms with van der Waals surface area (Å²) >= 11 is 1.83. The zero-order valence-electron chi connectivity index (χ0n) is 10.5. The van der Waals surface area contributed by atoms with E-state index in [9.17, 15) is 0 Å². The highest BCUT2D eigenvalue weighted by Gasteiger charge is 2.07. The van der Waals surface area contributed by atoms with Gasteiger partial charge in [0.1, 0.15) is 11.5 Å². The molecule has 0 fully saturated rings. The zero-order chi connectivity index (χ0) is 12.8. The van der Waals surface area contributed by atoms with Gasteiger partial charge in [-0.15, -0.1) is 0 Å². The summed E-state index contributed by atoms with van der Waals surface area (Å²) in [5, 5.41) is 4.09. The Balaban J connectivity index is 1.91. The van der Waals surface area contributed by atoms with Crippen molar-refractivity contribution in [1.29, 1.82) is 0 Å². The first-order valence-electron chi connectivity index (χ1n) is 6.08.